The summed E-state index contributed by atoms with van der Waals surface area (Å²) < 4.78 is 53.2. The Balaban J connectivity index is 2.57. The van der Waals surface area contributed by atoms with Gasteiger partial charge in [-0.1, -0.05) is 41.6 Å². The van der Waals surface area contributed by atoms with E-state index in [1.54, 1.807) is 30.3 Å². The lowest BCUT2D eigenvalue weighted by molar-refractivity contribution is 0.451. The Labute approximate surface area is 111 Å². The van der Waals surface area contributed by atoms with Crippen molar-refractivity contribution in [3.8, 4) is 11.8 Å². The van der Waals surface area contributed by atoms with Crippen molar-refractivity contribution in [2.24, 2.45) is 0 Å². The zero-order chi connectivity index (χ0) is 14.0. The fraction of sp³-hybridized carbons (Fsp3) is 0. The molecule has 0 aliphatic carbocycles. The summed E-state index contributed by atoms with van der Waals surface area (Å²) in [5.41, 5.74) is -0.527. The van der Waals surface area contributed by atoms with Gasteiger partial charge in [0.2, 0.25) is 0 Å². The fourth-order valence-electron chi connectivity index (χ4n) is 1.37. The second kappa shape index (κ2) is 5.33. The van der Waals surface area contributed by atoms with Crippen LogP contribution in [-0.4, -0.2) is 0 Å². The van der Waals surface area contributed by atoms with Crippen molar-refractivity contribution in [2.45, 2.75) is 0 Å². The van der Waals surface area contributed by atoms with Crippen LogP contribution in [0.15, 0.2) is 30.3 Å². The fourth-order valence-corrected chi connectivity index (χ4v) is 1.54. The van der Waals surface area contributed by atoms with E-state index in [0.29, 0.717) is 5.56 Å². The lowest BCUT2D eigenvalue weighted by Crippen LogP contribution is -2.01. The van der Waals surface area contributed by atoms with E-state index in [1.165, 1.54) is 0 Å². The van der Waals surface area contributed by atoms with Crippen molar-refractivity contribution in [3.63, 3.8) is 0 Å². The molecule has 96 valence electrons. The monoisotopic (exact) mass is 284 g/mol. The Morgan fingerprint density at radius 2 is 1.26 bits per heavy atom. The summed E-state index contributed by atoms with van der Waals surface area (Å²) in [7, 11) is 0. The molecule has 2 aromatic rings. The van der Waals surface area contributed by atoms with Crippen LogP contribution in [0.3, 0.4) is 0 Å². The molecular formula is C14H5ClF4. The molecule has 0 atom stereocenters. The van der Waals surface area contributed by atoms with Crippen LogP contribution in [0.1, 0.15) is 11.1 Å². The highest BCUT2D eigenvalue weighted by Crippen LogP contribution is 2.27. The van der Waals surface area contributed by atoms with Crippen molar-refractivity contribution >= 4 is 11.6 Å². The second-order valence-electron chi connectivity index (χ2n) is 3.56. The van der Waals surface area contributed by atoms with Crippen LogP contribution in [0.4, 0.5) is 17.6 Å². The van der Waals surface area contributed by atoms with E-state index in [9.17, 15) is 17.6 Å². The molecule has 0 saturated heterocycles. The van der Waals surface area contributed by atoms with Gasteiger partial charge < -0.3 is 0 Å². The maximum atomic E-state index is 13.4. The van der Waals surface area contributed by atoms with E-state index in [0.717, 1.165) is 0 Å². The van der Waals surface area contributed by atoms with Crippen molar-refractivity contribution < 1.29 is 17.6 Å². The predicted molar refractivity (Wildman–Crippen MR) is 63.7 cm³/mol. The predicted octanol–water partition coefficient (Wildman–Crippen LogP) is 4.30. The summed E-state index contributed by atoms with van der Waals surface area (Å²) in [5.74, 6) is -2.04. The van der Waals surface area contributed by atoms with E-state index in [1.807, 2.05) is 0 Å². The molecule has 2 rings (SSSR count). The van der Waals surface area contributed by atoms with Gasteiger partial charge in [-0.05, 0) is 12.1 Å². The highest BCUT2D eigenvalue weighted by Gasteiger charge is 2.23. The van der Waals surface area contributed by atoms with Crippen molar-refractivity contribution in [3.05, 3.63) is 69.8 Å². The third kappa shape index (κ3) is 2.56. The molecule has 0 saturated carbocycles. The van der Waals surface area contributed by atoms with Crippen LogP contribution in [-0.2, 0) is 0 Å². The normalized spacial score (nSPS) is 9.95. The molecule has 0 aromatic heterocycles. The molecule has 0 bridgehead atoms. The summed E-state index contributed by atoms with van der Waals surface area (Å²) in [6.45, 7) is 0. The van der Waals surface area contributed by atoms with E-state index in [-0.39, 0.29) is 0 Å². The molecule has 0 radical (unpaired) electrons. The summed E-state index contributed by atoms with van der Waals surface area (Å²) in [4.78, 5) is 0. The van der Waals surface area contributed by atoms with E-state index in [4.69, 9.17) is 11.6 Å². The van der Waals surface area contributed by atoms with Crippen molar-refractivity contribution in [1.82, 2.24) is 0 Å². The maximum Gasteiger partial charge on any atom is 0.181 e. The van der Waals surface area contributed by atoms with Gasteiger partial charge in [0.25, 0.3) is 0 Å². The van der Waals surface area contributed by atoms with Crippen molar-refractivity contribution in [2.75, 3.05) is 0 Å². The molecule has 0 N–H and O–H groups in total. The summed E-state index contributed by atoms with van der Waals surface area (Å²) >= 11 is 5.10. The van der Waals surface area contributed by atoms with Gasteiger partial charge >= 0.3 is 0 Å². The van der Waals surface area contributed by atoms with Crippen LogP contribution in [0, 0.1) is 35.1 Å². The Bertz CT molecular complexity index is 655. The second-order valence-corrected chi connectivity index (χ2v) is 3.94. The first-order valence-corrected chi connectivity index (χ1v) is 5.48. The van der Waals surface area contributed by atoms with Gasteiger partial charge in [0.1, 0.15) is 10.6 Å². The van der Waals surface area contributed by atoms with Crippen LogP contribution >= 0.6 is 11.6 Å². The zero-order valence-corrected chi connectivity index (χ0v) is 10.0. The van der Waals surface area contributed by atoms with E-state index in [2.05, 4.69) is 11.8 Å². The van der Waals surface area contributed by atoms with Crippen molar-refractivity contribution in [1.29, 1.82) is 0 Å². The third-order valence-corrected chi connectivity index (χ3v) is 2.65. The van der Waals surface area contributed by atoms with Gasteiger partial charge in [-0.25, -0.2) is 17.6 Å². The van der Waals surface area contributed by atoms with Gasteiger partial charge in [0.15, 0.2) is 23.3 Å². The largest absolute Gasteiger partial charge is 0.202 e. The number of rotatable bonds is 0. The van der Waals surface area contributed by atoms with Crippen LogP contribution in [0.25, 0.3) is 0 Å². The molecule has 5 heteroatoms. The Morgan fingerprint density at radius 1 is 0.737 bits per heavy atom. The number of benzene rings is 2. The SMILES string of the molecule is Fc1c(F)c(C#Cc2ccccc2)c(F)c(F)c1Cl. The van der Waals surface area contributed by atoms with Gasteiger partial charge in [-0.3, -0.25) is 0 Å². The minimum atomic E-state index is -1.65. The lowest BCUT2D eigenvalue weighted by atomic mass is 10.1. The van der Waals surface area contributed by atoms with E-state index >= 15 is 0 Å². The molecule has 2 aromatic carbocycles. The van der Waals surface area contributed by atoms with E-state index < -0.39 is 33.9 Å². The maximum absolute atomic E-state index is 13.4. The molecule has 0 unspecified atom stereocenters. The van der Waals surface area contributed by atoms with Crippen LogP contribution in [0.5, 0.6) is 0 Å². The third-order valence-electron chi connectivity index (χ3n) is 2.32. The highest BCUT2D eigenvalue weighted by atomic mass is 35.5. The van der Waals surface area contributed by atoms with Gasteiger partial charge in [-0.15, -0.1) is 0 Å². The average Bonchev–Trinajstić information content (AvgIpc) is 2.44. The quantitative estimate of drug-likeness (QED) is 0.293. The molecule has 0 amide bonds. The molecule has 0 fully saturated rings. The van der Waals surface area contributed by atoms with Crippen LogP contribution in [0.2, 0.25) is 5.02 Å². The van der Waals surface area contributed by atoms with Gasteiger partial charge in [0, 0.05) is 5.56 Å². The molecule has 0 aliphatic heterocycles. The number of hydrogen-bond acceptors (Lipinski definition) is 0. The minimum Gasteiger partial charge on any atom is -0.202 e. The first-order chi connectivity index (χ1) is 9.02. The highest BCUT2D eigenvalue weighted by molar-refractivity contribution is 6.30. The molecule has 19 heavy (non-hydrogen) atoms. The molecule has 0 spiro atoms. The van der Waals surface area contributed by atoms with Gasteiger partial charge in [-0.2, -0.15) is 0 Å². The topological polar surface area (TPSA) is 0 Å². The summed E-state index contributed by atoms with van der Waals surface area (Å²) in [6.07, 6.45) is 0. The van der Waals surface area contributed by atoms with Crippen LogP contribution < -0.4 is 0 Å². The molecule has 0 heterocycles. The average molecular weight is 285 g/mol. The summed E-state index contributed by atoms with van der Waals surface area (Å²) in [5, 5.41) is -1.22. The molecule has 0 nitrogen and oxygen atoms in total. The number of hydrogen-bond donors (Lipinski definition) is 0. The first-order valence-electron chi connectivity index (χ1n) is 5.11. The number of halogens is 5. The smallest absolute Gasteiger partial charge is 0.181 e. The molecule has 0 aliphatic rings. The Hall–Kier alpha value is -1.99. The molecular weight excluding hydrogens is 280 g/mol. The lowest BCUT2D eigenvalue weighted by Gasteiger charge is -2.03. The minimum absolute atomic E-state index is 0.456. The summed E-state index contributed by atoms with van der Waals surface area (Å²) in [6, 6.07) is 8.24. The first kappa shape index (κ1) is 13.4. The van der Waals surface area contributed by atoms with Gasteiger partial charge in [0.05, 0.1) is 0 Å². The zero-order valence-electron chi connectivity index (χ0n) is 9.28. The Kier molecular flexibility index (Phi) is 3.77. The standard InChI is InChI=1S/C14H5ClF4/c15-10-13(18)11(16)9(12(17)14(10)19)7-6-8-4-2-1-3-5-8/h1-5H. The Morgan fingerprint density at radius 3 is 1.79 bits per heavy atom.